The lowest BCUT2D eigenvalue weighted by Crippen LogP contribution is -2.30. The van der Waals surface area contributed by atoms with Gasteiger partial charge >= 0.3 is 5.97 Å². The van der Waals surface area contributed by atoms with Crippen LogP contribution in [-0.4, -0.2) is 40.8 Å². The minimum atomic E-state index is -0.589. The van der Waals surface area contributed by atoms with E-state index in [1.165, 1.54) is 6.20 Å². The van der Waals surface area contributed by atoms with E-state index in [1.54, 1.807) is 17.0 Å². The average Bonchev–Trinajstić information content (AvgIpc) is 3.10. The van der Waals surface area contributed by atoms with Crippen molar-refractivity contribution >= 4 is 35.1 Å². The van der Waals surface area contributed by atoms with Gasteiger partial charge in [-0.15, -0.1) is 0 Å². The molecule has 1 saturated heterocycles. The quantitative estimate of drug-likeness (QED) is 0.594. The summed E-state index contributed by atoms with van der Waals surface area (Å²) >= 11 is 5.87. The molecule has 0 spiro atoms. The molecule has 0 saturated carbocycles. The molecule has 28 heavy (non-hydrogen) atoms. The number of hydrogen-bond donors (Lipinski definition) is 1. The Bertz CT molecular complexity index is 875. The molecular weight excluding hydrogens is 382 g/mol. The fraction of sp³-hybridized carbons (Fsp3) is 0.300. The van der Waals surface area contributed by atoms with Crippen LogP contribution in [0, 0.1) is 5.92 Å². The molecule has 8 heteroatoms. The van der Waals surface area contributed by atoms with Crippen LogP contribution in [0.4, 0.5) is 5.69 Å². The second-order valence-electron chi connectivity index (χ2n) is 6.53. The van der Waals surface area contributed by atoms with E-state index in [-0.39, 0.29) is 30.1 Å². The SMILES string of the molecule is C[C@@H](c1ccccc1)N1C[C@@H](C(=O)OCC(=O)Nc2cccnc2Cl)CC1=O. The Morgan fingerprint density at radius 2 is 2.04 bits per heavy atom. The van der Waals surface area contributed by atoms with E-state index in [4.69, 9.17) is 16.3 Å². The zero-order valence-electron chi connectivity index (χ0n) is 15.3. The predicted molar refractivity (Wildman–Crippen MR) is 104 cm³/mol. The Kier molecular flexibility index (Phi) is 6.26. The summed E-state index contributed by atoms with van der Waals surface area (Å²) in [6.45, 7) is 1.73. The first kappa shape index (κ1) is 19.8. The van der Waals surface area contributed by atoms with Gasteiger partial charge in [-0.3, -0.25) is 14.4 Å². The van der Waals surface area contributed by atoms with Gasteiger partial charge in [-0.25, -0.2) is 4.98 Å². The number of rotatable bonds is 6. The molecule has 0 aliphatic carbocycles. The van der Waals surface area contributed by atoms with Crippen molar-refractivity contribution in [2.75, 3.05) is 18.5 Å². The lowest BCUT2D eigenvalue weighted by Gasteiger charge is -2.25. The lowest BCUT2D eigenvalue weighted by molar-refractivity contribution is -0.151. The number of benzene rings is 1. The van der Waals surface area contributed by atoms with Gasteiger partial charge < -0.3 is 15.0 Å². The van der Waals surface area contributed by atoms with Crippen molar-refractivity contribution < 1.29 is 19.1 Å². The molecule has 2 heterocycles. The molecule has 1 fully saturated rings. The highest BCUT2D eigenvalue weighted by atomic mass is 35.5. The number of amides is 2. The number of ether oxygens (including phenoxy) is 1. The molecule has 2 aromatic rings. The Balaban J connectivity index is 1.52. The van der Waals surface area contributed by atoms with Crippen LogP contribution in [0.15, 0.2) is 48.7 Å². The van der Waals surface area contributed by atoms with E-state index in [1.807, 2.05) is 37.3 Å². The fourth-order valence-corrected chi connectivity index (χ4v) is 3.26. The number of esters is 1. The molecule has 146 valence electrons. The zero-order valence-corrected chi connectivity index (χ0v) is 16.1. The zero-order chi connectivity index (χ0) is 20.1. The second-order valence-corrected chi connectivity index (χ2v) is 6.89. The Labute approximate surface area is 167 Å². The minimum absolute atomic E-state index is 0.0755. The number of aromatic nitrogens is 1. The molecule has 1 aromatic carbocycles. The molecule has 1 aromatic heterocycles. The Hall–Kier alpha value is -2.93. The van der Waals surface area contributed by atoms with Crippen molar-refractivity contribution in [2.24, 2.45) is 5.92 Å². The van der Waals surface area contributed by atoms with Gasteiger partial charge in [-0.1, -0.05) is 41.9 Å². The standard InChI is InChI=1S/C20H20ClN3O4/c1-13(14-6-3-2-4-7-14)24-11-15(10-18(24)26)20(27)28-12-17(25)23-16-8-5-9-22-19(16)21/h2-9,13,15H,10-12H2,1H3,(H,23,25)/t13-,15-/m0/s1. The molecule has 2 atom stereocenters. The lowest BCUT2D eigenvalue weighted by atomic mass is 10.1. The van der Waals surface area contributed by atoms with Gasteiger partial charge in [0.05, 0.1) is 17.6 Å². The number of nitrogens with zero attached hydrogens (tertiary/aromatic N) is 2. The third-order valence-corrected chi connectivity index (χ3v) is 4.92. The van der Waals surface area contributed by atoms with Crippen LogP contribution < -0.4 is 5.32 Å². The molecule has 0 radical (unpaired) electrons. The third-order valence-electron chi connectivity index (χ3n) is 4.62. The normalized spacial score (nSPS) is 17.3. The Morgan fingerprint density at radius 3 is 2.75 bits per heavy atom. The van der Waals surface area contributed by atoms with Crippen LogP contribution >= 0.6 is 11.6 Å². The second kappa shape index (κ2) is 8.84. The highest BCUT2D eigenvalue weighted by Gasteiger charge is 2.38. The minimum Gasteiger partial charge on any atom is -0.455 e. The smallest absolute Gasteiger partial charge is 0.311 e. The van der Waals surface area contributed by atoms with E-state index in [9.17, 15) is 14.4 Å². The maximum absolute atomic E-state index is 12.3. The van der Waals surface area contributed by atoms with Crippen LogP contribution in [0.25, 0.3) is 0 Å². The molecule has 1 aliphatic heterocycles. The van der Waals surface area contributed by atoms with E-state index in [2.05, 4.69) is 10.3 Å². The third kappa shape index (κ3) is 4.67. The largest absolute Gasteiger partial charge is 0.455 e. The monoisotopic (exact) mass is 401 g/mol. The molecular formula is C20H20ClN3O4. The van der Waals surface area contributed by atoms with Gasteiger partial charge in [-0.2, -0.15) is 0 Å². The van der Waals surface area contributed by atoms with E-state index in [0.717, 1.165) is 5.56 Å². The van der Waals surface area contributed by atoms with Crippen LogP contribution in [0.5, 0.6) is 0 Å². The van der Waals surface area contributed by atoms with Crippen molar-refractivity contribution in [1.29, 1.82) is 0 Å². The summed E-state index contributed by atoms with van der Waals surface area (Å²) in [5, 5.41) is 2.67. The molecule has 1 N–H and O–H groups in total. The summed E-state index contributed by atoms with van der Waals surface area (Å²) in [5.74, 6) is -1.79. The summed E-state index contributed by atoms with van der Waals surface area (Å²) in [4.78, 5) is 42.1. The van der Waals surface area contributed by atoms with Gasteiger partial charge in [0.25, 0.3) is 5.91 Å². The highest BCUT2D eigenvalue weighted by Crippen LogP contribution is 2.29. The van der Waals surface area contributed by atoms with Gasteiger partial charge in [0.15, 0.2) is 11.8 Å². The summed E-state index contributed by atoms with van der Waals surface area (Å²) in [6.07, 6.45) is 1.57. The number of carbonyl (C=O) groups excluding carboxylic acids is 3. The highest BCUT2D eigenvalue weighted by molar-refractivity contribution is 6.32. The first-order chi connectivity index (χ1) is 13.5. The number of hydrogen-bond acceptors (Lipinski definition) is 5. The molecule has 0 bridgehead atoms. The van der Waals surface area contributed by atoms with Gasteiger partial charge in [-0.05, 0) is 24.6 Å². The molecule has 0 unspecified atom stereocenters. The maximum atomic E-state index is 12.3. The molecule has 3 rings (SSSR count). The fourth-order valence-electron chi connectivity index (χ4n) is 3.10. The first-order valence-electron chi connectivity index (χ1n) is 8.87. The summed E-state index contributed by atoms with van der Waals surface area (Å²) < 4.78 is 5.09. The maximum Gasteiger partial charge on any atom is 0.311 e. The van der Waals surface area contributed by atoms with E-state index < -0.39 is 24.4 Å². The van der Waals surface area contributed by atoms with Crippen LogP contribution in [0.2, 0.25) is 5.15 Å². The summed E-state index contributed by atoms with van der Waals surface area (Å²) in [6, 6.07) is 12.7. The van der Waals surface area contributed by atoms with Crippen LogP contribution in [0.1, 0.15) is 24.9 Å². The Morgan fingerprint density at radius 1 is 1.29 bits per heavy atom. The van der Waals surface area contributed by atoms with Crippen molar-refractivity contribution in [3.05, 3.63) is 59.4 Å². The molecule has 7 nitrogen and oxygen atoms in total. The van der Waals surface area contributed by atoms with Crippen molar-refractivity contribution in [3.63, 3.8) is 0 Å². The number of likely N-dealkylation sites (tertiary alicyclic amines) is 1. The topological polar surface area (TPSA) is 88.6 Å². The number of pyridine rings is 1. The van der Waals surface area contributed by atoms with Crippen molar-refractivity contribution in [1.82, 2.24) is 9.88 Å². The number of nitrogens with one attached hydrogen (secondary N) is 1. The van der Waals surface area contributed by atoms with E-state index in [0.29, 0.717) is 5.69 Å². The van der Waals surface area contributed by atoms with Crippen molar-refractivity contribution in [2.45, 2.75) is 19.4 Å². The van der Waals surface area contributed by atoms with Gasteiger partial charge in [0, 0.05) is 19.2 Å². The van der Waals surface area contributed by atoms with E-state index >= 15 is 0 Å². The van der Waals surface area contributed by atoms with Crippen molar-refractivity contribution in [3.8, 4) is 0 Å². The number of halogens is 1. The van der Waals surface area contributed by atoms with Gasteiger partial charge in [0.2, 0.25) is 5.91 Å². The predicted octanol–water partition coefficient (Wildman–Crippen LogP) is 2.83. The van der Waals surface area contributed by atoms with Crippen LogP contribution in [0.3, 0.4) is 0 Å². The summed E-state index contributed by atoms with van der Waals surface area (Å²) in [5.41, 5.74) is 1.33. The summed E-state index contributed by atoms with van der Waals surface area (Å²) in [7, 11) is 0. The number of carbonyl (C=O) groups is 3. The molecule has 2 amide bonds. The molecule has 1 aliphatic rings. The van der Waals surface area contributed by atoms with Crippen LogP contribution in [-0.2, 0) is 19.1 Å². The average molecular weight is 402 g/mol. The van der Waals surface area contributed by atoms with Gasteiger partial charge in [0.1, 0.15) is 0 Å². The number of anilines is 1. The first-order valence-corrected chi connectivity index (χ1v) is 9.25.